The predicted octanol–water partition coefficient (Wildman–Crippen LogP) is 5.65. The Morgan fingerprint density at radius 3 is 1.54 bits per heavy atom. The van der Waals surface area contributed by atoms with Crippen LogP contribution in [0.2, 0.25) is 0 Å². The second-order valence-corrected chi connectivity index (χ2v) is 5.70. The minimum atomic E-state index is 0. The molecule has 0 N–H and O–H groups in total. The van der Waals surface area contributed by atoms with Gasteiger partial charge in [0.1, 0.15) is 0 Å². The first-order chi connectivity index (χ1) is 11.4. The molecule has 4 rings (SSSR count). The van der Waals surface area contributed by atoms with E-state index in [9.17, 15) is 0 Å². The maximum Gasteiger partial charge on any atom is 4.00 e. The van der Waals surface area contributed by atoms with Gasteiger partial charge in [-0.25, -0.2) is 34.4 Å². The van der Waals surface area contributed by atoms with Crippen molar-refractivity contribution in [1.29, 1.82) is 0 Å². The molecular formula is C23H16Pt. The maximum atomic E-state index is 3.53. The van der Waals surface area contributed by atoms with Crippen molar-refractivity contribution in [2.45, 2.75) is 6.42 Å². The fourth-order valence-electron chi connectivity index (χ4n) is 2.89. The minimum Gasteiger partial charge on any atom is -0.232 e. The molecule has 0 saturated carbocycles. The van der Waals surface area contributed by atoms with Crippen LogP contribution in [0.5, 0.6) is 0 Å². The molecule has 0 aliphatic rings. The normalized spacial score (nSPS) is 10.3. The number of benzene rings is 2. The zero-order valence-electron chi connectivity index (χ0n) is 13.1. The molecule has 0 radical (unpaired) electrons. The van der Waals surface area contributed by atoms with Crippen LogP contribution in [0, 0.1) is 12.1 Å². The molecule has 0 saturated heterocycles. The molecule has 118 valence electrons. The molecule has 24 heavy (non-hydrogen) atoms. The third kappa shape index (κ3) is 3.66. The van der Waals surface area contributed by atoms with Gasteiger partial charge >= 0.3 is 21.1 Å². The molecular weight excluding hydrogens is 471 g/mol. The van der Waals surface area contributed by atoms with Crippen molar-refractivity contribution in [3.8, 4) is 22.3 Å². The molecule has 0 heterocycles. The molecule has 0 nitrogen and oxygen atoms in total. The van der Waals surface area contributed by atoms with E-state index >= 15 is 0 Å². The molecule has 0 aliphatic carbocycles. The van der Waals surface area contributed by atoms with Crippen LogP contribution < -0.4 is 0 Å². The van der Waals surface area contributed by atoms with Crippen LogP contribution in [0.15, 0.2) is 84.9 Å². The Morgan fingerprint density at radius 2 is 1.12 bits per heavy atom. The number of hydrogen-bond donors (Lipinski definition) is 0. The summed E-state index contributed by atoms with van der Waals surface area (Å²) in [7, 11) is 0. The first-order valence-corrected chi connectivity index (χ1v) is 7.85. The van der Waals surface area contributed by atoms with Crippen LogP contribution in [-0.2, 0) is 27.5 Å². The first kappa shape index (κ1) is 16.7. The van der Waals surface area contributed by atoms with Gasteiger partial charge in [0.2, 0.25) is 0 Å². The van der Waals surface area contributed by atoms with E-state index in [0.717, 1.165) is 17.5 Å². The smallest absolute Gasteiger partial charge is 0.232 e. The average Bonchev–Trinajstić information content (AvgIpc) is 3.29. The number of rotatable bonds is 4. The average molecular weight is 487 g/mol. The van der Waals surface area contributed by atoms with Gasteiger partial charge in [-0.05, 0) is 6.42 Å². The molecule has 0 aliphatic heterocycles. The van der Waals surface area contributed by atoms with Gasteiger partial charge in [-0.3, -0.25) is 0 Å². The van der Waals surface area contributed by atoms with Crippen LogP contribution in [0.1, 0.15) is 11.1 Å². The van der Waals surface area contributed by atoms with Crippen LogP contribution >= 0.6 is 0 Å². The van der Waals surface area contributed by atoms with Gasteiger partial charge in [0.15, 0.2) is 0 Å². The minimum absolute atomic E-state index is 0. The van der Waals surface area contributed by atoms with Crippen molar-refractivity contribution < 1.29 is 21.1 Å². The predicted molar refractivity (Wildman–Crippen MR) is 95.4 cm³/mol. The molecule has 0 bridgehead atoms. The summed E-state index contributed by atoms with van der Waals surface area (Å²) in [5.74, 6) is 0. The van der Waals surface area contributed by atoms with E-state index in [-0.39, 0.29) is 21.1 Å². The van der Waals surface area contributed by atoms with E-state index in [2.05, 4.69) is 97.1 Å². The van der Waals surface area contributed by atoms with Crippen molar-refractivity contribution in [3.63, 3.8) is 0 Å². The van der Waals surface area contributed by atoms with Gasteiger partial charge in [0.05, 0.1) is 0 Å². The van der Waals surface area contributed by atoms with Crippen LogP contribution in [0.3, 0.4) is 0 Å². The SMILES string of the molecule is [Pt+4].[c-]1c(Cc2[c-]c(-c3ccc[cH-]3)ccc2)cccc1-c1ccc[cH-]1. The summed E-state index contributed by atoms with van der Waals surface area (Å²) in [5.41, 5.74) is 7.14. The van der Waals surface area contributed by atoms with E-state index < -0.39 is 0 Å². The van der Waals surface area contributed by atoms with E-state index in [1.54, 1.807) is 0 Å². The summed E-state index contributed by atoms with van der Waals surface area (Å²) in [4.78, 5) is 0. The quantitative estimate of drug-likeness (QED) is 0.327. The summed E-state index contributed by atoms with van der Waals surface area (Å²) >= 11 is 0. The van der Waals surface area contributed by atoms with Crippen molar-refractivity contribution in [2.75, 3.05) is 0 Å². The second kappa shape index (κ2) is 7.60. The second-order valence-electron chi connectivity index (χ2n) is 5.70. The zero-order valence-corrected chi connectivity index (χ0v) is 15.4. The van der Waals surface area contributed by atoms with Crippen LogP contribution in [0.25, 0.3) is 22.3 Å². The molecule has 0 unspecified atom stereocenters. The zero-order chi connectivity index (χ0) is 15.5. The topological polar surface area (TPSA) is 0 Å². The van der Waals surface area contributed by atoms with E-state index in [1.165, 1.54) is 22.3 Å². The van der Waals surface area contributed by atoms with Gasteiger partial charge in [-0.1, -0.05) is 0 Å². The van der Waals surface area contributed by atoms with Crippen LogP contribution in [-0.4, -0.2) is 0 Å². The molecule has 4 aromatic rings. The van der Waals surface area contributed by atoms with Crippen molar-refractivity contribution >= 4 is 0 Å². The fourth-order valence-corrected chi connectivity index (χ4v) is 2.89. The van der Waals surface area contributed by atoms with Crippen LogP contribution in [0.4, 0.5) is 0 Å². The van der Waals surface area contributed by atoms with E-state index in [1.807, 2.05) is 0 Å². The van der Waals surface area contributed by atoms with Crippen molar-refractivity contribution in [1.82, 2.24) is 0 Å². The molecule has 0 aromatic heterocycles. The number of hydrogen-bond acceptors (Lipinski definition) is 0. The molecule has 0 atom stereocenters. The van der Waals surface area contributed by atoms with Gasteiger partial charge < -0.3 is 0 Å². The maximum absolute atomic E-state index is 3.53. The molecule has 4 aromatic carbocycles. The van der Waals surface area contributed by atoms with Gasteiger partial charge in [0.25, 0.3) is 0 Å². The van der Waals surface area contributed by atoms with Gasteiger partial charge in [-0.2, -0.15) is 72.8 Å². The summed E-state index contributed by atoms with van der Waals surface area (Å²) in [6.07, 6.45) is 0.850. The standard InChI is InChI=1S/C23H16.Pt/c1-2-10-20(9-1)22-13-5-7-18(16-22)15-19-8-6-14-23(17-19)21-11-3-4-12-21;/h1-14H,15H2;/q-4;+4. The van der Waals surface area contributed by atoms with E-state index in [0.29, 0.717) is 0 Å². The summed E-state index contributed by atoms with van der Waals surface area (Å²) in [6, 6.07) is 36.5. The third-order valence-corrected chi connectivity index (χ3v) is 4.04. The molecule has 0 amide bonds. The Labute approximate surface area is 157 Å². The Morgan fingerprint density at radius 1 is 0.625 bits per heavy atom. The van der Waals surface area contributed by atoms with Gasteiger partial charge in [-0.15, -0.1) is 23.3 Å². The third-order valence-electron chi connectivity index (χ3n) is 4.04. The van der Waals surface area contributed by atoms with Gasteiger partial charge in [0, 0.05) is 0 Å². The summed E-state index contributed by atoms with van der Waals surface area (Å²) < 4.78 is 0. The Kier molecular flexibility index (Phi) is 5.28. The fraction of sp³-hybridized carbons (Fsp3) is 0.0435. The van der Waals surface area contributed by atoms with Crippen molar-refractivity contribution in [3.05, 3.63) is 108 Å². The first-order valence-electron chi connectivity index (χ1n) is 7.85. The summed E-state index contributed by atoms with van der Waals surface area (Å²) in [6.45, 7) is 0. The summed E-state index contributed by atoms with van der Waals surface area (Å²) in [5, 5.41) is 0. The largest absolute Gasteiger partial charge is 4.00 e. The van der Waals surface area contributed by atoms with E-state index in [4.69, 9.17) is 0 Å². The molecule has 1 heteroatoms. The monoisotopic (exact) mass is 487 g/mol. The van der Waals surface area contributed by atoms with Crippen molar-refractivity contribution in [2.24, 2.45) is 0 Å². The molecule has 0 spiro atoms. The molecule has 0 fully saturated rings. The Bertz CT molecular complexity index is 808. The Balaban J connectivity index is 0.00000169. The Hall–Kier alpha value is -2.17.